The van der Waals surface area contributed by atoms with E-state index in [-0.39, 0.29) is 19.0 Å². The van der Waals surface area contributed by atoms with E-state index in [4.69, 9.17) is 44.3 Å². The minimum atomic E-state index is -0.343. The van der Waals surface area contributed by atoms with E-state index in [9.17, 15) is 4.79 Å². The molecule has 0 aliphatic carbocycles. The Morgan fingerprint density at radius 3 is 2.48 bits per heavy atom. The van der Waals surface area contributed by atoms with Crippen LogP contribution in [0.2, 0.25) is 15.1 Å². The second-order valence-electron chi connectivity index (χ2n) is 4.86. The average molecular weight is 374 g/mol. The first-order valence-electron chi connectivity index (χ1n) is 6.99. The molecule has 0 unspecified atom stereocenters. The molecule has 0 aromatic heterocycles. The number of halogens is 3. The van der Waals surface area contributed by atoms with Crippen LogP contribution in [0, 0.1) is 6.92 Å². The predicted molar refractivity (Wildman–Crippen MR) is 92.9 cm³/mol. The Morgan fingerprint density at radius 1 is 1.04 bits per heavy atom. The van der Waals surface area contributed by atoms with Crippen LogP contribution in [0.1, 0.15) is 24.5 Å². The third-order valence-corrected chi connectivity index (χ3v) is 4.23. The maximum absolute atomic E-state index is 11.5. The Labute approximate surface area is 150 Å². The normalized spacial score (nSPS) is 10.5. The first-order valence-corrected chi connectivity index (χ1v) is 8.12. The van der Waals surface area contributed by atoms with Gasteiger partial charge < -0.3 is 9.47 Å². The highest BCUT2D eigenvalue weighted by molar-refractivity contribution is 6.34. The lowest BCUT2D eigenvalue weighted by molar-refractivity contribution is -0.134. The van der Waals surface area contributed by atoms with Crippen molar-refractivity contribution in [3.05, 3.63) is 56.5 Å². The number of hydrogen-bond acceptors (Lipinski definition) is 3. The van der Waals surface area contributed by atoms with E-state index in [1.165, 1.54) is 0 Å². The van der Waals surface area contributed by atoms with E-state index in [2.05, 4.69) is 0 Å². The highest BCUT2D eigenvalue weighted by atomic mass is 35.5. The van der Waals surface area contributed by atoms with E-state index in [0.29, 0.717) is 32.1 Å². The highest BCUT2D eigenvalue weighted by Crippen LogP contribution is 2.33. The summed E-state index contributed by atoms with van der Waals surface area (Å²) in [5.41, 5.74) is 1.43. The number of esters is 1. The lowest BCUT2D eigenvalue weighted by Crippen LogP contribution is -2.09. The molecule has 0 saturated carbocycles. The molecule has 0 amide bonds. The molecule has 0 aliphatic heterocycles. The summed E-state index contributed by atoms with van der Waals surface area (Å²) in [6, 6.07) is 8.45. The van der Waals surface area contributed by atoms with Gasteiger partial charge in [0.05, 0.1) is 15.6 Å². The van der Waals surface area contributed by atoms with Gasteiger partial charge in [-0.3, -0.25) is 4.79 Å². The molecule has 3 nitrogen and oxygen atoms in total. The fraction of sp³-hybridized carbons (Fsp3) is 0.235. The van der Waals surface area contributed by atoms with E-state index in [1.807, 2.05) is 6.92 Å². The van der Waals surface area contributed by atoms with Gasteiger partial charge in [-0.2, -0.15) is 0 Å². The van der Waals surface area contributed by atoms with Gasteiger partial charge in [0, 0.05) is 17.5 Å². The van der Waals surface area contributed by atoms with Crippen LogP contribution in [0.3, 0.4) is 0 Å². The van der Waals surface area contributed by atoms with Crippen molar-refractivity contribution in [2.75, 3.05) is 0 Å². The van der Waals surface area contributed by atoms with Gasteiger partial charge in [-0.05, 0) is 30.7 Å². The molecule has 122 valence electrons. The van der Waals surface area contributed by atoms with E-state index >= 15 is 0 Å². The van der Waals surface area contributed by atoms with Crippen molar-refractivity contribution in [2.24, 2.45) is 0 Å². The van der Waals surface area contributed by atoms with Gasteiger partial charge in [-0.15, -0.1) is 0 Å². The second-order valence-corrected chi connectivity index (χ2v) is 6.09. The summed E-state index contributed by atoms with van der Waals surface area (Å²) in [6.45, 7) is 3.68. The zero-order chi connectivity index (χ0) is 17.0. The maximum atomic E-state index is 11.5. The lowest BCUT2D eigenvalue weighted by atomic mass is 10.2. The summed E-state index contributed by atoms with van der Waals surface area (Å²) in [5.74, 6) is 0.471. The van der Waals surface area contributed by atoms with Crippen molar-refractivity contribution in [3.63, 3.8) is 0 Å². The van der Waals surface area contributed by atoms with Crippen molar-refractivity contribution in [2.45, 2.75) is 26.9 Å². The molecule has 6 heteroatoms. The van der Waals surface area contributed by atoms with Crippen molar-refractivity contribution in [1.82, 2.24) is 0 Å². The third kappa shape index (κ3) is 4.54. The Hall–Kier alpha value is -1.42. The molecule has 2 aromatic rings. The molecule has 0 atom stereocenters. The molecule has 0 aliphatic rings. The van der Waals surface area contributed by atoms with Crippen LogP contribution < -0.4 is 9.47 Å². The fourth-order valence-corrected chi connectivity index (χ4v) is 2.50. The highest BCUT2D eigenvalue weighted by Gasteiger charge is 2.13. The van der Waals surface area contributed by atoms with Crippen molar-refractivity contribution < 1.29 is 14.3 Å². The van der Waals surface area contributed by atoms with Crippen molar-refractivity contribution in [3.8, 4) is 11.5 Å². The van der Waals surface area contributed by atoms with Gasteiger partial charge in [-0.1, -0.05) is 47.8 Å². The van der Waals surface area contributed by atoms with E-state index in [0.717, 1.165) is 5.56 Å². The lowest BCUT2D eigenvalue weighted by Gasteiger charge is -2.14. The van der Waals surface area contributed by atoms with Crippen LogP contribution in [0.15, 0.2) is 30.3 Å². The zero-order valence-corrected chi connectivity index (χ0v) is 14.9. The number of aryl methyl sites for hydroxylation is 1. The molecule has 0 N–H and O–H groups in total. The number of benzene rings is 2. The average Bonchev–Trinajstić information content (AvgIpc) is 2.51. The Morgan fingerprint density at radius 2 is 1.78 bits per heavy atom. The van der Waals surface area contributed by atoms with Gasteiger partial charge in [0.25, 0.3) is 0 Å². The predicted octanol–water partition coefficient (Wildman–Crippen LogP) is 5.85. The first-order chi connectivity index (χ1) is 10.9. The number of carbonyl (C=O) groups excluding carboxylic acids is 1. The first kappa shape index (κ1) is 17.9. The number of carbonyl (C=O) groups is 1. The smallest absolute Gasteiger partial charge is 0.310 e. The number of rotatable bonds is 5. The molecule has 2 rings (SSSR count). The SMILES string of the molecule is CCC(=O)Oc1cccc(Cl)c1COc1cc(Cl)c(C)cc1Cl. The summed E-state index contributed by atoms with van der Waals surface area (Å²) in [5, 5.41) is 1.45. The topological polar surface area (TPSA) is 35.5 Å². The van der Waals surface area contributed by atoms with Gasteiger partial charge >= 0.3 is 5.97 Å². The molecule has 0 spiro atoms. The van der Waals surface area contributed by atoms with Gasteiger partial charge in [0.1, 0.15) is 18.1 Å². The Bertz CT molecular complexity index is 729. The summed E-state index contributed by atoms with van der Waals surface area (Å²) in [6.07, 6.45) is 0.270. The summed E-state index contributed by atoms with van der Waals surface area (Å²) < 4.78 is 11.0. The fourth-order valence-electron chi connectivity index (χ4n) is 1.86. The van der Waals surface area contributed by atoms with Crippen molar-refractivity contribution >= 4 is 40.8 Å². The van der Waals surface area contributed by atoms with Gasteiger partial charge in [-0.25, -0.2) is 0 Å². The molecule has 2 aromatic carbocycles. The van der Waals surface area contributed by atoms with Crippen LogP contribution in [-0.4, -0.2) is 5.97 Å². The summed E-state index contributed by atoms with van der Waals surface area (Å²) >= 11 is 18.4. The molecule has 0 heterocycles. The number of hydrogen-bond donors (Lipinski definition) is 0. The minimum absolute atomic E-state index is 0.102. The van der Waals surface area contributed by atoms with Crippen molar-refractivity contribution in [1.29, 1.82) is 0 Å². The third-order valence-electron chi connectivity index (χ3n) is 3.17. The monoisotopic (exact) mass is 372 g/mol. The van der Waals surface area contributed by atoms with Crippen LogP contribution in [0.25, 0.3) is 0 Å². The quantitative estimate of drug-likeness (QED) is 0.487. The summed E-state index contributed by atoms with van der Waals surface area (Å²) in [7, 11) is 0. The second kappa shape index (κ2) is 7.91. The zero-order valence-electron chi connectivity index (χ0n) is 12.7. The van der Waals surface area contributed by atoms with E-state index < -0.39 is 0 Å². The largest absolute Gasteiger partial charge is 0.487 e. The maximum Gasteiger partial charge on any atom is 0.310 e. The van der Waals surface area contributed by atoms with E-state index in [1.54, 1.807) is 37.3 Å². The minimum Gasteiger partial charge on any atom is -0.487 e. The van der Waals surface area contributed by atoms with Gasteiger partial charge in [0.2, 0.25) is 0 Å². The van der Waals surface area contributed by atoms with Crippen LogP contribution >= 0.6 is 34.8 Å². The molecule has 0 saturated heterocycles. The standard InChI is InChI=1S/C17H15Cl3O3/c1-3-17(21)23-15-6-4-5-12(18)11(15)9-22-16-8-13(19)10(2)7-14(16)20/h4-8H,3,9H2,1-2H3. The molecule has 0 radical (unpaired) electrons. The van der Waals surface area contributed by atoms with Gasteiger partial charge in [0.15, 0.2) is 0 Å². The molecular weight excluding hydrogens is 359 g/mol. The summed E-state index contributed by atoms with van der Waals surface area (Å²) in [4.78, 5) is 11.5. The van der Waals surface area contributed by atoms with Crippen LogP contribution in [0.5, 0.6) is 11.5 Å². The molecular formula is C17H15Cl3O3. The molecule has 0 fully saturated rings. The Kier molecular flexibility index (Phi) is 6.17. The Balaban J connectivity index is 2.23. The molecule has 23 heavy (non-hydrogen) atoms. The van der Waals surface area contributed by atoms with Crippen LogP contribution in [0.4, 0.5) is 0 Å². The molecule has 0 bridgehead atoms. The van der Waals surface area contributed by atoms with Crippen LogP contribution in [-0.2, 0) is 11.4 Å². The number of ether oxygens (including phenoxy) is 2.